The summed E-state index contributed by atoms with van der Waals surface area (Å²) in [6.07, 6.45) is 3.36. The topological polar surface area (TPSA) is 26.3 Å². The zero-order valence-corrected chi connectivity index (χ0v) is 8.79. The van der Waals surface area contributed by atoms with Crippen molar-refractivity contribution in [3.8, 4) is 5.75 Å². The number of carbonyl (C=O) groups excluding carboxylic acids is 1. The molecule has 0 aliphatic carbocycles. The highest BCUT2D eigenvalue weighted by molar-refractivity contribution is 5.91. The van der Waals surface area contributed by atoms with Crippen LogP contribution in [0.15, 0.2) is 30.4 Å². The highest BCUT2D eigenvalue weighted by Crippen LogP contribution is 2.17. The molecule has 80 valence electrons. The molecule has 0 amide bonds. The highest BCUT2D eigenvalue weighted by Gasteiger charge is 2.05. The van der Waals surface area contributed by atoms with Crippen LogP contribution in [0, 0.1) is 5.82 Å². The first-order valence-electron chi connectivity index (χ1n) is 4.65. The molecule has 1 rings (SSSR count). The largest absolute Gasteiger partial charge is 0.494 e. The average molecular weight is 208 g/mol. The van der Waals surface area contributed by atoms with E-state index >= 15 is 0 Å². The third-order valence-electron chi connectivity index (χ3n) is 1.95. The van der Waals surface area contributed by atoms with Gasteiger partial charge in [0.15, 0.2) is 17.3 Å². The molecule has 0 fully saturated rings. The Hall–Kier alpha value is -1.64. The van der Waals surface area contributed by atoms with Crippen LogP contribution >= 0.6 is 0 Å². The van der Waals surface area contributed by atoms with Gasteiger partial charge in [-0.1, -0.05) is 12.1 Å². The smallest absolute Gasteiger partial charge is 0.165 e. The Morgan fingerprint density at radius 2 is 2.27 bits per heavy atom. The SMILES string of the molecule is C/C=C/C(=O)Cc1ccc(OC)c(F)c1. The van der Waals surface area contributed by atoms with E-state index in [1.54, 1.807) is 19.1 Å². The van der Waals surface area contributed by atoms with Crippen molar-refractivity contribution in [3.63, 3.8) is 0 Å². The number of hydrogen-bond acceptors (Lipinski definition) is 2. The van der Waals surface area contributed by atoms with Crippen LogP contribution < -0.4 is 4.74 Å². The van der Waals surface area contributed by atoms with Gasteiger partial charge in [0, 0.05) is 6.42 Å². The summed E-state index contributed by atoms with van der Waals surface area (Å²) >= 11 is 0. The van der Waals surface area contributed by atoms with E-state index in [9.17, 15) is 9.18 Å². The summed E-state index contributed by atoms with van der Waals surface area (Å²) in [7, 11) is 1.41. The standard InChI is InChI=1S/C12H13FO2/c1-3-4-10(14)7-9-5-6-12(15-2)11(13)8-9/h3-6,8H,7H2,1-2H3/b4-3+. The minimum atomic E-state index is -0.441. The molecular weight excluding hydrogens is 195 g/mol. The minimum Gasteiger partial charge on any atom is -0.494 e. The summed E-state index contributed by atoms with van der Waals surface area (Å²) in [5.74, 6) is -0.289. The van der Waals surface area contributed by atoms with E-state index in [0.717, 1.165) is 0 Å². The predicted molar refractivity (Wildman–Crippen MR) is 56.5 cm³/mol. The lowest BCUT2D eigenvalue weighted by Crippen LogP contribution is -1.99. The second-order valence-corrected chi connectivity index (χ2v) is 3.11. The number of methoxy groups -OCH3 is 1. The Morgan fingerprint density at radius 1 is 1.53 bits per heavy atom. The molecule has 0 heterocycles. The van der Waals surface area contributed by atoms with Crippen molar-refractivity contribution >= 4 is 5.78 Å². The van der Waals surface area contributed by atoms with Crippen LogP contribution in [0.5, 0.6) is 5.75 Å². The predicted octanol–water partition coefficient (Wildman–Crippen LogP) is 2.52. The van der Waals surface area contributed by atoms with E-state index < -0.39 is 5.82 Å². The molecule has 15 heavy (non-hydrogen) atoms. The first-order valence-corrected chi connectivity index (χ1v) is 4.65. The molecule has 0 aliphatic heterocycles. The van der Waals surface area contributed by atoms with Gasteiger partial charge in [0.1, 0.15) is 0 Å². The summed E-state index contributed by atoms with van der Waals surface area (Å²) in [5.41, 5.74) is 0.649. The van der Waals surface area contributed by atoms with E-state index in [4.69, 9.17) is 4.74 Å². The van der Waals surface area contributed by atoms with Gasteiger partial charge in [0.05, 0.1) is 7.11 Å². The number of allylic oxidation sites excluding steroid dienone is 2. The fraction of sp³-hybridized carbons (Fsp3) is 0.250. The Morgan fingerprint density at radius 3 is 2.80 bits per heavy atom. The summed E-state index contributed by atoms with van der Waals surface area (Å²) in [4.78, 5) is 11.2. The summed E-state index contributed by atoms with van der Waals surface area (Å²) in [5, 5.41) is 0. The Balaban J connectivity index is 2.79. The second-order valence-electron chi connectivity index (χ2n) is 3.11. The Labute approximate surface area is 88.4 Å². The molecule has 3 heteroatoms. The first-order chi connectivity index (χ1) is 7.17. The van der Waals surface area contributed by atoms with Gasteiger partial charge in [-0.2, -0.15) is 0 Å². The van der Waals surface area contributed by atoms with Crippen LogP contribution in [0.4, 0.5) is 4.39 Å². The van der Waals surface area contributed by atoms with Crippen molar-refractivity contribution in [1.82, 2.24) is 0 Å². The summed E-state index contributed by atoms with van der Waals surface area (Å²) in [6, 6.07) is 4.52. The lowest BCUT2D eigenvalue weighted by molar-refractivity contribution is -0.114. The second kappa shape index (κ2) is 5.29. The molecule has 0 bridgehead atoms. The molecule has 2 nitrogen and oxygen atoms in total. The van der Waals surface area contributed by atoms with Gasteiger partial charge in [-0.25, -0.2) is 4.39 Å². The van der Waals surface area contributed by atoms with E-state index in [2.05, 4.69) is 0 Å². The van der Waals surface area contributed by atoms with Gasteiger partial charge >= 0.3 is 0 Å². The van der Waals surface area contributed by atoms with Crippen LogP contribution in [0.3, 0.4) is 0 Å². The molecule has 1 aromatic carbocycles. The van der Waals surface area contributed by atoms with Crippen molar-refractivity contribution in [2.24, 2.45) is 0 Å². The molecule has 0 saturated carbocycles. The van der Waals surface area contributed by atoms with Crippen LogP contribution in [-0.4, -0.2) is 12.9 Å². The number of carbonyl (C=O) groups is 1. The lowest BCUT2D eigenvalue weighted by atomic mass is 10.1. The first kappa shape index (κ1) is 11.4. The Bertz CT molecular complexity index is 383. The third kappa shape index (κ3) is 3.20. The molecule has 0 atom stereocenters. The normalized spacial score (nSPS) is 10.6. The van der Waals surface area contributed by atoms with E-state index in [1.165, 1.54) is 25.3 Å². The molecular formula is C12H13FO2. The van der Waals surface area contributed by atoms with E-state index in [0.29, 0.717) is 5.56 Å². The maximum Gasteiger partial charge on any atom is 0.165 e. The van der Waals surface area contributed by atoms with Gasteiger partial charge in [-0.3, -0.25) is 4.79 Å². The van der Waals surface area contributed by atoms with Crippen LogP contribution in [0.2, 0.25) is 0 Å². The number of hydrogen-bond donors (Lipinski definition) is 0. The van der Waals surface area contributed by atoms with Crippen molar-refractivity contribution in [2.45, 2.75) is 13.3 Å². The van der Waals surface area contributed by atoms with Crippen LogP contribution in [0.1, 0.15) is 12.5 Å². The van der Waals surface area contributed by atoms with E-state index in [1.807, 2.05) is 0 Å². The van der Waals surface area contributed by atoms with Crippen LogP contribution in [-0.2, 0) is 11.2 Å². The average Bonchev–Trinajstić information content (AvgIpc) is 2.18. The number of rotatable bonds is 4. The van der Waals surface area contributed by atoms with Crippen molar-refractivity contribution in [2.75, 3.05) is 7.11 Å². The van der Waals surface area contributed by atoms with E-state index in [-0.39, 0.29) is 18.0 Å². The van der Waals surface area contributed by atoms with Crippen molar-refractivity contribution in [3.05, 3.63) is 41.7 Å². The monoisotopic (exact) mass is 208 g/mol. The molecule has 0 unspecified atom stereocenters. The van der Waals surface area contributed by atoms with Gasteiger partial charge in [-0.15, -0.1) is 0 Å². The molecule has 0 N–H and O–H groups in total. The van der Waals surface area contributed by atoms with Gasteiger partial charge in [0.2, 0.25) is 0 Å². The highest BCUT2D eigenvalue weighted by atomic mass is 19.1. The zero-order chi connectivity index (χ0) is 11.3. The molecule has 1 aromatic rings. The van der Waals surface area contributed by atoms with Crippen molar-refractivity contribution in [1.29, 1.82) is 0 Å². The number of ketones is 1. The van der Waals surface area contributed by atoms with Gasteiger partial charge in [0.25, 0.3) is 0 Å². The number of ether oxygens (including phenoxy) is 1. The molecule has 0 aromatic heterocycles. The molecule has 0 saturated heterocycles. The molecule has 0 spiro atoms. The summed E-state index contributed by atoms with van der Waals surface area (Å²) < 4.78 is 18.0. The fourth-order valence-electron chi connectivity index (χ4n) is 1.27. The quantitative estimate of drug-likeness (QED) is 0.711. The van der Waals surface area contributed by atoms with Crippen molar-refractivity contribution < 1.29 is 13.9 Å². The summed E-state index contributed by atoms with van der Waals surface area (Å²) in [6.45, 7) is 1.77. The van der Waals surface area contributed by atoms with Gasteiger partial charge in [-0.05, 0) is 30.7 Å². The maximum atomic E-state index is 13.2. The Kier molecular flexibility index (Phi) is 4.03. The minimum absolute atomic E-state index is 0.0398. The van der Waals surface area contributed by atoms with Crippen LogP contribution in [0.25, 0.3) is 0 Å². The third-order valence-corrected chi connectivity index (χ3v) is 1.95. The maximum absolute atomic E-state index is 13.2. The number of benzene rings is 1. The van der Waals surface area contributed by atoms with Gasteiger partial charge < -0.3 is 4.74 Å². The lowest BCUT2D eigenvalue weighted by Gasteiger charge is -2.03. The zero-order valence-electron chi connectivity index (χ0n) is 8.79. The fourth-order valence-corrected chi connectivity index (χ4v) is 1.27. The molecule has 0 aliphatic rings. The number of halogens is 1. The molecule has 0 radical (unpaired) electrons.